The van der Waals surface area contributed by atoms with E-state index < -0.39 is 0 Å². The number of rotatable bonds is 9. The van der Waals surface area contributed by atoms with Gasteiger partial charge < -0.3 is 14.8 Å². The maximum Gasteiger partial charge on any atom is 0.224 e. The Bertz CT molecular complexity index is 719. The largest absolute Gasteiger partial charge is 0.493 e. The standard InChI is InChI=1S/C20H25NO4/c1-5-7-9-13-14-11-16(24-3)17(25-4)12-15(14)20(23)19(13)21-18(22)10-8-6-2/h5,11-12H,1,6-10H2,2-4H3,(H,21,22,23). The monoisotopic (exact) mass is 343 g/mol. The number of ether oxygens (including phenoxy) is 2. The highest BCUT2D eigenvalue weighted by Gasteiger charge is 2.32. The second-order valence-electron chi connectivity index (χ2n) is 5.91. The molecule has 1 N–H and O–H groups in total. The number of methoxy groups -OCH3 is 2. The molecule has 1 amide bonds. The van der Waals surface area contributed by atoms with E-state index in [4.69, 9.17) is 9.47 Å². The molecule has 1 aromatic rings. The third kappa shape index (κ3) is 3.92. The van der Waals surface area contributed by atoms with Gasteiger partial charge in [0.2, 0.25) is 11.7 Å². The third-order valence-corrected chi connectivity index (χ3v) is 4.24. The number of unbranched alkanes of at least 4 members (excludes halogenated alkanes) is 1. The van der Waals surface area contributed by atoms with Crippen molar-refractivity contribution in [1.82, 2.24) is 5.32 Å². The lowest BCUT2D eigenvalue weighted by Gasteiger charge is -2.11. The lowest BCUT2D eigenvalue weighted by molar-refractivity contribution is -0.120. The van der Waals surface area contributed by atoms with Crippen LogP contribution in [0.15, 0.2) is 30.5 Å². The van der Waals surface area contributed by atoms with E-state index in [2.05, 4.69) is 11.9 Å². The van der Waals surface area contributed by atoms with Gasteiger partial charge in [0.1, 0.15) is 0 Å². The molecular weight excluding hydrogens is 318 g/mol. The molecule has 0 unspecified atom stereocenters. The molecule has 5 heteroatoms. The highest BCUT2D eigenvalue weighted by atomic mass is 16.5. The van der Waals surface area contributed by atoms with Crippen molar-refractivity contribution in [2.45, 2.75) is 39.0 Å². The fraction of sp³-hybridized carbons (Fsp3) is 0.400. The van der Waals surface area contributed by atoms with E-state index in [1.165, 1.54) is 7.11 Å². The van der Waals surface area contributed by atoms with Crippen LogP contribution in [0.3, 0.4) is 0 Å². The summed E-state index contributed by atoms with van der Waals surface area (Å²) in [5.74, 6) is 0.743. The Morgan fingerprint density at radius 3 is 2.40 bits per heavy atom. The molecule has 0 spiro atoms. The Balaban J connectivity index is 2.44. The molecule has 0 fully saturated rings. The maximum absolute atomic E-state index is 12.9. The smallest absolute Gasteiger partial charge is 0.224 e. The number of hydrogen-bond acceptors (Lipinski definition) is 4. The van der Waals surface area contributed by atoms with Crippen LogP contribution in [0.5, 0.6) is 11.5 Å². The Morgan fingerprint density at radius 2 is 1.84 bits per heavy atom. The van der Waals surface area contributed by atoms with Gasteiger partial charge in [-0.05, 0) is 42.5 Å². The van der Waals surface area contributed by atoms with Crippen molar-refractivity contribution in [2.75, 3.05) is 14.2 Å². The maximum atomic E-state index is 12.9. The molecule has 0 atom stereocenters. The molecule has 0 bridgehead atoms. The first-order valence-corrected chi connectivity index (χ1v) is 8.52. The van der Waals surface area contributed by atoms with Crippen molar-refractivity contribution in [3.8, 4) is 11.5 Å². The SMILES string of the molecule is C=CCCC1=C(NC(=O)CCCC)C(=O)c2cc(OC)c(OC)cc21. The Morgan fingerprint density at radius 1 is 1.20 bits per heavy atom. The summed E-state index contributed by atoms with van der Waals surface area (Å²) in [6.45, 7) is 5.77. The summed E-state index contributed by atoms with van der Waals surface area (Å²) in [6.07, 6.45) is 5.27. The second kappa shape index (κ2) is 8.51. The number of benzene rings is 1. The topological polar surface area (TPSA) is 64.6 Å². The van der Waals surface area contributed by atoms with Gasteiger partial charge in [-0.3, -0.25) is 9.59 Å². The van der Waals surface area contributed by atoms with E-state index >= 15 is 0 Å². The van der Waals surface area contributed by atoms with Crippen LogP contribution >= 0.6 is 0 Å². The highest BCUT2D eigenvalue weighted by molar-refractivity contribution is 6.22. The molecule has 1 aliphatic carbocycles. The van der Waals surface area contributed by atoms with Crippen LogP contribution in [0.1, 0.15) is 54.9 Å². The average Bonchev–Trinajstić information content (AvgIpc) is 2.88. The van der Waals surface area contributed by atoms with Gasteiger partial charge in [0.15, 0.2) is 11.5 Å². The second-order valence-corrected chi connectivity index (χ2v) is 5.91. The predicted molar refractivity (Wildman–Crippen MR) is 97.9 cm³/mol. The molecule has 0 aromatic heterocycles. The lowest BCUT2D eigenvalue weighted by Crippen LogP contribution is -2.26. The minimum atomic E-state index is -0.181. The van der Waals surface area contributed by atoms with E-state index in [0.29, 0.717) is 42.0 Å². The minimum Gasteiger partial charge on any atom is -0.493 e. The molecule has 1 aromatic carbocycles. The van der Waals surface area contributed by atoms with Crippen LogP contribution in [0.2, 0.25) is 0 Å². The summed E-state index contributed by atoms with van der Waals surface area (Å²) in [4.78, 5) is 25.0. The van der Waals surface area contributed by atoms with Gasteiger partial charge in [-0.15, -0.1) is 6.58 Å². The molecule has 134 valence electrons. The summed E-state index contributed by atoms with van der Waals surface area (Å²) in [6, 6.07) is 3.48. The van der Waals surface area contributed by atoms with E-state index in [9.17, 15) is 9.59 Å². The predicted octanol–water partition coefficient (Wildman–Crippen LogP) is 3.88. The first kappa shape index (κ1) is 18.8. The molecule has 25 heavy (non-hydrogen) atoms. The molecule has 0 radical (unpaired) electrons. The van der Waals surface area contributed by atoms with Crippen molar-refractivity contribution >= 4 is 17.3 Å². The highest BCUT2D eigenvalue weighted by Crippen LogP contribution is 2.41. The Hall–Kier alpha value is -2.56. The van der Waals surface area contributed by atoms with E-state index in [1.807, 2.05) is 6.92 Å². The summed E-state index contributed by atoms with van der Waals surface area (Å²) < 4.78 is 10.6. The quantitative estimate of drug-likeness (QED) is 0.691. The van der Waals surface area contributed by atoms with E-state index in [0.717, 1.165) is 24.0 Å². The summed E-state index contributed by atoms with van der Waals surface area (Å²) in [5, 5.41) is 2.82. The fourth-order valence-electron chi connectivity index (χ4n) is 2.90. The third-order valence-electron chi connectivity index (χ3n) is 4.24. The molecule has 0 saturated carbocycles. The zero-order valence-electron chi connectivity index (χ0n) is 15.1. The fourth-order valence-corrected chi connectivity index (χ4v) is 2.90. The zero-order valence-corrected chi connectivity index (χ0v) is 15.1. The molecule has 0 aliphatic heterocycles. The van der Waals surface area contributed by atoms with Crippen LogP contribution in [0.4, 0.5) is 0 Å². The number of amides is 1. The van der Waals surface area contributed by atoms with E-state index in [-0.39, 0.29) is 11.7 Å². The number of carbonyl (C=O) groups excluding carboxylic acids is 2. The molecule has 2 rings (SSSR count). The van der Waals surface area contributed by atoms with E-state index in [1.54, 1.807) is 25.3 Å². The number of allylic oxidation sites excluding steroid dienone is 3. The van der Waals surface area contributed by atoms with Crippen LogP contribution in [-0.2, 0) is 4.79 Å². The Kier molecular flexibility index (Phi) is 6.39. The summed E-state index contributed by atoms with van der Waals surface area (Å²) in [7, 11) is 3.09. The zero-order chi connectivity index (χ0) is 18.4. The van der Waals surface area contributed by atoms with Crippen LogP contribution in [0.25, 0.3) is 5.57 Å². The van der Waals surface area contributed by atoms with Crippen LogP contribution in [0, 0.1) is 0 Å². The van der Waals surface area contributed by atoms with Gasteiger partial charge in [0, 0.05) is 12.0 Å². The molecule has 5 nitrogen and oxygen atoms in total. The van der Waals surface area contributed by atoms with Gasteiger partial charge in [-0.2, -0.15) is 0 Å². The number of carbonyl (C=O) groups is 2. The van der Waals surface area contributed by atoms with Gasteiger partial charge in [-0.25, -0.2) is 0 Å². The first-order valence-electron chi connectivity index (χ1n) is 8.52. The Labute approximate surface area is 148 Å². The van der Waals surface area contributed by atoms with Crippen LogP contribution < -0.4 is 14.8 Å². The van der Waals surface area contributed by atoms with Gasteiger partial charge in [-0.1, -0.05) is 19.4 Å². The van der Waals surface area contributed by atoms with Crippen molar-refractivity contribution < 1.29 is 19.1 Å². The lowest BCUT2D eigenvalue weighted by atomic mass is 10.0. The number of hydrogen-bond donors (Lipinski definition) is 1. The normalized spacial score (nSPS) is 12.8. The van der Waals surface area contributed by atoms with Crippen LogP contribution in [-0.4, -0.2) is 25.9 Å². The summed E-state index contributed by atoms with van der Waals surface area (Å²) >= 11 is 0. The van der Waals surface area contributed by atoms with Crippen molar-refractivity contribution in [2.24, 2.45) is 0 Å². The summed E-state index contributed by atoms with van der Waals surface area (Å²) in [5.41, 5.74) is 2.51. The average molecular weight is 343 g/mol. The number of ketones is 1. The molecule has 0 heterocycles. The first-order chi connectivity index (χ1) is 12.1. The van der Waals surface area contributed by atoms with Crippen molar-refractivity contribution in [1.29, 1.82) is 0 Å². The minimum absolute atomic E-state index is 0.131. The molecular formula is C20H25NO4. The van der Waals surface area contributed by atoms with Crippen molar-refractivity contribution in [3.63, 3.8) is 0 Å². The van der Waals surface area contributed by atoms with Gasteiger partial charge >= 0.3 is 0 Å². The van der Waals surface area contributed by atoms with Crippen molar-refractivity contribution in [3.05, 3.63) is 41.6 Å². The molecule has 0 saturated heterocycles. The number of fused-ring (bicyclic) bond motifs is 1. The number of Topliss-reactive ketones (excluding diaryl/α,β-unsaturated/α-hetero) is 1. The van der Waals surface area contributed by atoms with Gasteiger partial charge in [0.05, 0.1) is 19.9 Å². The number of nitrogens with one attached hydrogen (secondary N) is 1. The van der Waals surface area contributed by atoms with Gasteiger partial charge in [0.25, 0.3) is 0 Å². The molecule has 1 aliphatic rings.